The van der Waals surface area contributed by atoms with Crippen LogP contribution < -0.4 is 4.90 Å². The molecule has 1 fully saturated rings. The molecule has 1 amide bonds. The monoisotopic (exact) mass is 533 g/mol. The van der Waals surface area contributed by atoms with Gasteiger partial charge in [0.15, 0.2) is 0 Å². The molecule has 3 aromatic heterocycles. The van der Waals surface area contributed by atoms with Crippen molar-refractivity contribution in [3.05, 3.63) is 50.0 Å². The van der Waals surface area contributed by atoms with Crippen LogP contribution >= 0.6 is 27.4 Å². The van der Waals surface area contributed by atoms with E-state index in [4.69, 9.17) is 4.74 Å². The Bertz CT molecular complexity index is 1100. The molecule has 1 saturated heterocycles. The molecule has 4 heterocycles. The number of anilines is 1. The van der Waals surface area contributed by atoms with E-state index in [1.54, 1.807) is 33.8 Å². The molecule has 0 aliphatic carbocycles. The molecule has 1 aliphatic rings. The summed E-state index contributed by atoms with van der Waals surface area (Å²) in [4.78, 5) is 18.9. The van der Waals surface area contributed by atoms with Crippen molar-refractivity contribution in [2.45, 2.75) is 47.7 Å². The number of allylic oxidation sites excluding steroid dienone is 2. The summed E-state index contributed by atoms with van der Waals surface area (Å²) in [5.74, 6) is 0. The number of nitrogens with zero attached hydrogens (tertiary/aromatic N) is 3. The van der Waals surface area contributed by atoms with Crippen molar-refractivity contribution in [2.24, 2.45) is 0 Å². The van der Waals surface area contributed by atoms with E-state index in [0.29, 0.717) is 7.43 Å². The molecule has 5 nitrogen and oxygen atoms in total. The Labute approximate surface area is 208 Å². The van der Waals surface area contributed by atoms with Gasteiger partial charge in [0.25, 0.3) is 0 Å². The van der Waals surface area contributed by atoms with E-state index in [0.717, 1.165) is 20.8 Å². The van der Waals surface area contributed by atoms with Crippen LogP contribution in [0, 0.1) is 6.92 Å². The van der Waals surface area contributed by atoms with Gasteiger partial charge in [0, 0.05) is 0 Å². The zero-order valence-corrected chi connectivity index (χ0v) is 23.7. The molecule has 0 saturated carbocycles. The van der Waals surface area contributed by atoms with Crippen molar-refractivity contribution in [3.8, 4) is 0 Å². The van der Waals surface area contributed by atoms with Gasteiger partial charge in [0.1, 0.15) is 0 Å². The zero-order valence-electron chi connectivity index (χ0n) is 17.8. The average Bonchev–Trinajstić information content (AvgIpc) is 3.27. The van der Waals surface area contributed by atoms with Gasteiger partial charge in [-0.25, -0.2) is 0 Å². The van der Waals surface area contributed by atoms with Crippen LogP contribution in [-0.4, -0.2) is 60.9 Å². The first kappa shape index (κ1) is 22.8. The van der Waals surface area contributed by atoms with Crippen molar-refractivity contribution in [1.82, 2.24) is 10.2 Å². The van der Waals surface area contributed by atoms with Crippen molar-refractivity contribution < 1.29 is 9.53 Å². The summed E-state index contributed by atoms with van der Waals surface area (Å²) < 4.78 is 9.53. The van der Waals surface area contributed by atoms with Gasteiger partial charge < -0.3 is 0 Å². The van der Waals surface area contributed by atoms with E-state index in [-0.39, 0.29) is 6.09 Å². The standard InChI is InChI=1S/C21H24N3O2S3.Sr/c1-6-14(27)10-17-13(2)18-19(29-17)16(11-22-23-18)24(12-15-8-7-9-28-15)20(25)26-21(3,4)5;/h6-11,27H,12H2,1-5H3;/q;+1/p-1/b14-6+;. The zero-order chi connectivity index (χ0) is 21.5. The third-order valence-electron chi connectivity index (χ3n) is 4.88. The fourth-order valence-electron chi connectivity index (χ4n) is 3.42. The Kier molecular flexibility index (Phi) is 6.99. The predicted molar refractivity (Wildman–Crippen MR) is 129 cm³/mol. The maximum atomic E-state index is 13.2. The van der Waals surface area contributed by atoms with Gasteiger partial charge in [-0.3, -0.25) is 0 Å². The normalized spacial score (nSPS) is 17.4. The number of thiophene rings is 2. The second-order valence-corrected chi connectivity index (χ2v) is 18.0. The van der Waals surface area contributed by atoms with E-state index in [1.165, 1.54) is 15.3 Å². The summed E-state index contributed by atoms with van der Waals surface area (Å²) in [7, 11) is 0. The summed E-state index contributed by atoms with van der Waals surface area (Å²) in [6, 6.07) is 4.04. The second kappa shape index (κ2) is 9.21. The number of ether oxygens (including phenoxy) is 1. The molecule has 1 aliphatic heterocycles. The number of carbonyl (C=O) groups excluding carboxylic acids is 1. The Morgan fingerprint density at radius 3 is 2.80 bits per heavy atom. The molecule has 0 spiro atoms. The third-order valence-corrected chi connectivity index (χ3v) is 18.2. The van der Waals surface area contributed by atoms with Crippen LogP contribution in [0.2, 0.25) is 0 Å². The first-order valence-corrected chi connectivity index (χ1v) is 18.8. The van der Waals surface area contributed by atoms with Crippen molar-refractivity contribution in [1.29, 1.82) is 0 Å². The molecule has 30 heavy (non-hydrogen) atoms. The van der Waals surface area contributed by atoms with Crippen molar-refractivity contribution >= 4 is 88.4 Å². The fraction of sp³-hybridized carbons (Fsp3) is 0.381. The first-order valence-electron chi connectivity index (χ1n) is 9.85. The summed E-state index contributed by atoms with van der Waals surface area (Å²) in [6.07, 6.45) is 3.59. The number of hydrogen-bond acceptors (Lipinski definition) is 7. The molecule has 9 heteroatoms. The molecule has 0 radical (unpaired) electrons. The van der Waals surface area contributed by atoms with Crippen molar-refractivity contribution in [2.75, 3.05) is 4.90 Å². The van der Waals surface area contributed by atoms with E-state index in [1.807, 2.05) is 38.3 Å². The van der Waals surface area contributed by atoms with Crippen LogP contribution in [0.15, 0.2) is 34.7 Å². The van der Waals surface area contributed by atoms with Gasteiger partial charge in [0.2, 0.25) is 0 Å². The molecule has 1 unspecified atom stereocenters. The Hall–Kier alpha value is -0.419. The van der Waals surface area contributed by atoms with Gasteiger partial charge in [-0.1, -0.05) is 0 Å². The molecule has 4 rings (SSSR count). The van der Waals surface area contributed by atoms with Gasteiger partial charge in [0.05, 0.1) is 0 Å². The molecular formula is C21H23N3O2S3Sr. The van der Waals surface area contributed by atoms with Gasteiger partial charge in [-0.05, 0) is 0 Å². The predicted octanol–water partition coefficient (Wildman–Crippen LogP) is 6.31. The number of hydrogen-bond donors (Lipinski definition) is 0. The maximum absolute atomic E-state index is 13.2. The fourth-order valence-corrected chi connectivity index (χ4v) is 15.8. The van der Waals surface area contributed by atoms with E-state index in [9.17, 15) is 4.79 Å². The topological polar surface area (TPSA) is 55.3 Å². The summed E-state index contributed by atoms with van der Waals surface area (Å²) >= 11 is 2.54. The van der Waals surface area contributed by atoms with Gasteiger partial charge in [-0.2, -0.15) is 0 Å². The van der Waals surface area contributed by atoms with Gasteiger partial charge >= 0.3 is 211 Å². The first-order chi connectivity index (χ1) is 14.3. The van der Waals surface area contributed by atoms with Crippen LogP contribution in [0.1, 0.15) is 43.9 Å². The quantitative estimate of drug-likeness (QED) is 0.368. The third kappa shape index (κ3) is 4.67. The van der Waals surface area contributed by atoms with Crippen LogP contribution in [0.3, 0.4) is 0 Å². The number of aryl methyl sites for hydroxylation is 1. The molecule has 154 valence electrons. The number of aromatic nitrogens is 2. The van der Waals surface area contributed by atoms with Crippen LogP contribution in [0.5, 0.6) is 0 Å². The average molecular weight is 533 g/mol. The SMILES string of the molecule is C/C=C1/[S][Sr][CH]1c1sc2c(N(Cc3cccs3)C(=O)OC(C)(C)C)cnnc2c1C. The molecule has 0 bridgehead atoms. The minimum absolute atomic E-state index is 0.356. The summed E-state index contributed by atoms with van der Waals surface area (Å²) in [6.45, 7) is 10.4. The Balaban J connectivity index is 1.79. The van der Waals surface area contributed by atoms with Gasteiger partial charge in [-0.15, -0.1) is 0 Å². The van der Waals surface area contributed by atoms with E-state index < -0.39 is 44.6 Å². The number of rotatable bonds is 4. The Morgan fingerprint density at radius 1 is 1.40 bits per heavy atom. The minimum atomic E-state index is -0.870. The summed E-state index contributed by atoms with van der Waals surface area (Å²) in [5, 5.41) is 10.7. The number of carbonyl (C=O) groups is 1. The molecule has 0 aromatic carbocycles. The van der Waals surface area contributed by atoms with E-state index in [2.05, 4.69) is 34.9 Å². The number of fused-ring (bicyclic) bond motifs is 1. The van der Waals surface area contributed by atoms with Crippen LogP contribution in [0.4, 0.5) is 10.5 Å². The number of amides is 1. The van der Waals surface area contributed by atoms with Crippen LogP contribution in [-0.2, 0) is 11.3 Å². The van der Waals surface area contributed by atoms with Crippen molar-refractivity contribution in [3.63, 3.8) is 0 Å². The molecule has 1 atom stereocenters. The van der Waals surface area contributed by atoms with Crippen LogP contribution in [0.25, 0.3) is 10.2 Å². The summed E-state index contributed by atoms with van der Waals surface area (Å²) in [5.41, 5.74) is 2.34. The Morgan fingerprint density at radius 2 is 2.20 bits per heavy atom. The second-order valence-electron chi connectivity index (χ2n) is 8.20. The molecule has 0 N–H and O–H groups in total. The molecular weight excluding hydrogens is 510 g/mol. The van der Waals surface area contributed by atoms with E-state index >= 15 is 0 Å². The molecule has 3 aromatic rings.